The molecule has 2 saturated heterocycles. The zero-order chi connectivity index (χ0) is 28.1. The van der Waals surface area contributed by atoms with Crippen molar-refractivity contribution in [1.82, 2.24) is 19.6 Å². The number of benzene rings is 2. The van der Waals surface area contributed by atoms with Crippen molar-refractivity contribution in [2.24, 2.45) is 13.0 Å². The SMILES string of the molecule is CCCCCN1CCC(C(=O)Cc2cc(C(=O)N3CCC(c4ccc(-c5cnn(C)c5)cc4)CC3)ccc2C)C1. The van der Waals surface area contributed by atoms with Crippen LogP contribution in [-0.2, 0) is 18.3 Å². The summed E-state index contributed by atoms with van der Waals surface area (Å²) in [6, 6.07) is 14.7. The lowest BCUT2D eigenvalue weighted by atomic mass is 9.88. The smallest absolute Gasteiger partial charge is 0.253 e. The van der Waals surface area contributed by atoms with E-state index in [0.717, 1.165) is 68.7 Å². The van der Waals surface area contributed by atoms with E-state index in [1.54, 1.807) is 0 Å². The van der Waals surface area contributed by atoms with E-state index in [-0.39, 0.29) is 11.8 Å². The molecule has 0 radical (unpaired) electrons. The third kappa shape index (κ3) is 6.72. The molecule has 0 saturated carbocycles. The molecule has 2 fully saturated rings. The van der Waals surface area contributed by atoms with Crippen LogP contribution in [0.4, 0.5) is 0 Å². The first-order valence-electron chi connectivity index (χ1n) is 15.1. The average Bonchev–Trinajstić information content (AvgIpc) is 3.63. The summed E-state index contributed by atoms with van der Waals surface area (Å²) < 4.78 is 1.82. The predicted octanol–water partition coefficient (Wildman–Crippen LogP) is 6.04. The molecule has 1 atom stereocenters. The van der Waals surface area contributed by atoms with E-state index in [1.807, 2.05) is 54.1 Å². The van der Waals surface area contributed by atoms with Gasteiger partial charge in [0, 0.05) is 56.3 Å². The Morgan fingerprint density at radius 3 is 2.42 bits per heavy atom. The van der Waals surface area contributed by atoms with Gasteiger partial charge in [0.05, 0.1) is 6.20 Å². The van der Waals surface area contributed by atoms with Gasteiger partial charge < -0.3 is 9.80 Å². The maximum Gasteiger partial charge on any atom is 0.253 e. The molecule has 1 unspecified atom stereocenters. The zero-order valence-corrected chi connectivity index (χ0v) is 24.4. The van der Waals surface area contributed by atoms with Crippen molar-refractivity contribution in [3.63, 3.8) is 0 Å². The van der Waals surface area contributed by atoms with E-state index in [4.69, 9.17) is 0 Å². The lowest BCUT2D eigenvalue weighted by molar-refractivity contribution is -0.121. The van der Waals surface area contributed by atoms with Gasteiger partial charge in [-0.3, -0.25) is 14.3 Å². The molecule has 0 bridgehead atoms. The second-order valence-electron chi connectivity index (χ2n) is 11.9. The molecule has 1 aromatic heterocycles. The van der Waals surface area contributed by atoms with Crippen LogP contribution < -0.4 is 0 Å². The van der Waals surface area contributed by atoms with Crippen molar-refractivity contribution >= 4 is 11.7 Å². The van der Waals surface area contributed by atoms with Crippen molar-refractivity contribution < 1.29 is 9.59 Å². The van der Waals surface area contributed by atoms with Crippen LogP contribution in [0.3, 0.4) is 0 Å². The summed E-state index contributed by atoms with van der Waals surface area (Å²) in [6.45, 7) is 8.81. The van der Waals surface area contributed by atoms with Gasteiger partial charge in [0.25, 0.3) is 5.91 Å². The van der Waals surface area contributed by atoms with E-state index >= 15 is 0 Å². The Morgan fingerprint density at radius 1 is 0.950 bits per heavy atom. The minimum Gasteiger partial charge on any atom is -0.339 e. The second-order valence-corrected chi connectivity index (χ2v) is 11.9. The molecule has 40 heavy (non-hydrogen) atoms. The largest absolute Gasteiger partial charge is 0.339 e. The van der Waals surface area contributed by atoms with Gasteiger partial charge in [0.2, 0.25) is 0 Å². The fourth-order valence-corrected chi connectivity index (χ4v) is 6.33. The van der Waals surface area contributed by atoms with Crippen molar-refractivity contribution in [1.29, 1.82) is 0 Å². The number of carbonyl (C=O) groups is 2. The fraction of sp³-hybridized carbons (Fsp3) is 0.500. The van der Waals surface area contributed by atoms with E-state index in [0.29, 0.717) is 23.7 Å². The molecule has 2 aliphatic heterocycles. The summed E-state index contributed by atoms with van der Waals surface area (Å²) in [4.78, 5) is 31.1. The van der Waals surface area contributed by atoms with Gasteiger partial charge in [0.15, 0.2) is 0 Å². The van der Waals surface area contributed by atoms with Gasteiger partial charge in [-0.25, -0.2) is 0 Å². The number of unbranched alkanes of at least 4 members (excludes halogenated alkanes) is 2. The first-order valence-corrected chi connectivity index (χ1v) is 15.1. The summed E-state index contributed by atoms with van der Waals surface area (Å²) in [6.07, 6.45) is 10.9. The highest BCUT2D eigenvalue weighted by Crippen LogP contribution is 2.31. The van der Waals surface area contributed by atoms with Crippen LogP contribution >= 0.6 is 0 Å². The standard InChI is InChI=1S/C34H44N4O2/c1-4-5-6-16-37-17-13-30(24-37)33(39)21-31-20-29(8-7-25(31)2)34(40)38-18-14-28(15-19-38)26-9-11-27(12-10-26)32-22-35-36(3)23-32/h7-12,20,22-23,28,30H,4-6,13-19,21,24H2,1-3H3. The topological polar surface area (TPSA) is 58.4 Å². The Hall–Kier alpha value is -3.25. The number of hydrogen-bond acceptors (Lipinski definition) is 4. The molecule has 6 heteroatoms. The number of aromatic nitrogens is 2. The Balaban J connectivity index is 1.15. The minimum atomic E-state index is 0.0852. The molecule has 6 nitrogen and oxygen atoms in total. The maximum absolute atomic E-state index is 13.4. The lowest BCUT2D eigenvalue weighted by Crippen LogP contribution is -2.38. The molecular weight excluding hydrogens is 496 g/mol. The van der Waals surface area contributed by atoms with Crippen LogP contribution in [-0.4, -0.2) is 64.0 Å². The van der Waals surface area contributed by atoms with Gasteiger partial charge in [-0.05, 0) is 86.0 Å². The fourth-order valence-electron chi connectivity index (χ4n) is 6.33. The molecule has 3 heterocycles. The Kier molecular flexibility index (Phi) is 9.15. The van der Waals surface area contributed by atoms with Crippen molar-refractivity contribution in [3.8, 4) is 11.1 Å². The van der Waals surface area contributed by atoms with Crippen molar-refractivity contribution in [2.45, 2.75) is 64.7 Å². The van der Waals surface area contributed by atoms with Crippen LogP contribution in [0, 0.1) is 12.8 Å². The molecule has 5 rings (SSSR count). The Labute approximate surface area is 239 Å². The van der Waals surface area contributed by atoms with E-state index < -0.39 is 0 Å². The number of Topliss-reactive ketones (excluding diaryl/α,β-unsaturated/α-hetero) is 1. The minimum absolute atomic E-state index is 0.0852. The Morgan fingerprint density at radius 2 is 1.73 bits per heavy atom. The highest BCUT2D eigenvalue weighted by Gasteiger charge is 2.29. The first-order chi connectivity index (χ1) is 19.4. The van der Waals surface area contributed by atoms with Gasteiger partial charge in [-0.2, -0.15) is 5.10 Å². The van der Waals surface area contributed by atoms with Crippen LogP contribution in [0.1, 0.15) is 78.4 Å². The highest BCUT2D eigenvalue weighted by molar-refractivity contribution is 5.95. The number of amides is 1. The quantitative estimate of drug-likeness (QED) is 0.294. The summed E-state index contributed by atoms with van der Waals surface area (Å²) >= 11 is 0. The zero-order valence-electron chi connectivity index (χ0n) is 24.4. The average molecular weight is 541 g/mol. The van der Waals surface area contributed by atoms with Crippen LogP contribution in [0.2, 0.25) is 0 Å². The van der Waals surface area contributed by atoms with Gasteiger partial charge in [-0.15, -0.1) is 0 Å². The van der Waals surface area contributed by atoms with Crippen molar-refractivity contribution in [2.75, 3.05) is 32.7 Å². The number of hydrogen-bond donors (Lipinski definition) is 0. The Bertz CT molecular complexity index is 1300. The van der Waals surface area contributed by atoms with Gasteiger partial charge >= 0.3 is 0 Å². The maximum atomic E-state index is 13.4. The monoisotopic (exact) mass is 540 g/mol. The molecule has 3 aromatic rings. The number of aryl methyl sites for hydroxylation is 2. The number of carbonyl (C=O) groups excluding carboxylic acids is 2. The third-order valence-corrected chi connectivity index (χ3v) is 8.97. The molecule has 212 valence electrons. The number of piperidine rings is 1. The van der Waals surface area contributed by atoms with E-state index in [2.05, 4.69) is 41.2 Å². The molecular formula is C34H44N4O2. The van der Waals surface area contributed by atoms with Crippen LogP contribution in [0.5, 0.6) is 0 Å². The second kappa shape index (κ2) is 12.9. The van der Waals surface area contributed by atoms with E-state index in [9.17, 15) is 9.59 Å². The summed E-state index contributed by atoms with van der Waals surface area (Å²) in [5, 5.41) is 4.27. The van der Waals surface area contributed by atoms with E-state index in [1.165, 1.54) is 30.4 Å². The number of likely N-dealkylation sites (tertiary alicyclic amines) is 2. The van der Waals surface area contributed by atoms with Crippen LogP contribution in [0.15, 0.2) is 54.9 Å². The number of nitrogens with zero attached hydrogens (tertiary/aromatic N) is 4. The molecule has 0 N–H and O–H groups in total. The number of ketones is 1. The lowest BCUT2D eigenvalue weighted by Gasteiger charge is -2.32. The van der Waals surface area contributed by atoms with Gasteiger partial charge in [0.1, 0.15) is 5.78 Å². The summed E-state index contributed by atoms with van der Waals surface area (Å²) in [5.41, 5.74) is 6.45. The summed E-state index contributed by atoms with van der Waals surface area (Å²) in [7, 11) is 1.93. The molecule has 1 amide bonds. The van der Waals surface area contributed by atoms with Crippen molar-refractivity contribution in [3.05, 3.63) is 77.1 Å². The van der Waals surface area contributed by atoms with Gasteiger partial charge in [-0.1, -0.05) is 50.1 Å². The third-order valence-electron chi connectivity index (χ3n) is 8.97. The highest BCUT2D eigenvalue weighted by atomic mass is 16.2. The molecule has 2 aromatic carbocycles. The normalized spacial score (nSPS) is 18.4. The first kappa shape index (κ1) is 28.3. The molecule has 2 aliphatic rings. The molecule has 0 aliphatic carbocycles. The molecule has 0 spiro atoms. The summed E-state index contributed by atoms with van der Waals surface area (Å²) in [5.74, 6) is 0.993. The number of rotatable bonds is 10. The predicted molar refractivity (Wildman–Crippen MR) is 160 cm³/mol. The van der Waals surface area contributed by atoms with Crippen LogP contribution in [0.25, 0.3) is 11.1 Å².